The quantitative estimate of drug-likeness (QED) is 0.572. The average molecular weight is 312 g/mol. The Bertz CT molecular complexity index is 853. The van der Waals surface area contributed by atoms with E-state index >= 15 is 0 Å². The number of nitro benzene ring substituents is 1. The molecule has 0 amide bonds. The van der Waals surface area contributed by atoms with Crippen molar-refractivity contribution < 1.29 is 4.92 Å². The number of nitrogens with one attached hydrogen (secondary N) is 1. The number of rotatable bonds is 4. The topological polar surface area (TPSA) is 128 Å². The summed E-state index contributed by atoms with van der Waals surface area (Å²) in [5, 5.41) is 29.2. The first-order valence-electron chi connectivity index (χ1n) is 7.16. The van der Waals surface area contributed by atoms with Gasteiger partial charge < -0.3 is 0 Å². The van der Waals surface area contributed by atoms with E-state index in [2.05, 4.69) is 30.7 Å². The molecule has 0 aliphatic heterocycles. The molecular weight excluding hydrogens is 300 g/mol. The number of nitrogens with zero attached hydrogens (tertiary/aromatic N) is 7. The molecule has 2 heterocycles. The second kappa shape index (κ2) is 5.23. The van der Waals surface area contributed by atoms with E-state index in [9.17, 15) is 10.1 Å². The Morgan fingerprint density at radius 1 is 1.35 bits per heavy atom. The van der Waals surface area contributed by atoms with Crippen LogP contribution >= 0.6 is 0 Å². The molecule has 1 saturated carbocycles. The number of non-ortho nitro benzene ring substituents is 1. The molecule has 0 unspecified atom stereocenters. The molecule has 1 fully saturated rings. The Labute approximate surface area is 129 Å². The van der Waals surface area contributed by atoms with Gasteiger partial charge in [0.05, 0.1) is 16.2 Å². The highest BCUT2D eigenvalue weighted by atomic mass is 16.6. The van der Waals surface area contributed by atoms with Crippen molar-refractivity contribution in [2.75, 3.05) is 0 Å². The summed E-state index contributed by atoms with van der Waals surface area (Å²) in [4.78, 5) is 14.9. The second-order valence-electron chi connectivity index (χ2n) is 5.37. The Kier molecular flexibility index (Phi) is 3.07. The molecule has 10 heteroatoms. The Morgan fingerprint density at radius 3 is 2.87 bits per heavy atom. The molecule has 116 valence electrons. The Morgan fingerprint density at radius 2 is 2.22 bits per heavy atom. The summed E-state index contributed by atoms with van der Waals surface area (Å²) in [6, 6.07) is 4.44. The van der Waals surface area contributed by atoms with Crippen LogP contribution in [0.4, 0.5) is 5.69 Å². The van der Waals surface area contributed by atoms with Gasteiger partial charge >= 0.3 is 0 Å². The van der Waals surface area contributed by atoms with E-state index < -0.39 is 4.92 Å². The van der Waals surface area contributed by atoms with Gasteiger partial charge in [-0.1, -0.05) is 6.42 Å². The van der Waals surface area contributed by atoms with E-state index in [1.165, 1.54) is 18.6 Å². The fourth-order valence-corrected chi connectivity index (χ4v) is 2.54. The van der Waals surface area contributed by atoms with Gasteiger partial charge in [0.15, 0.2) is 5.82 Å². The summed E-state index contributed by atoms with van der Waals surface area (Å²) in [6.07, 6.45) is 5.01. The third-order valence-corrected chi connectivity index (χ3v) is 4.00. The smallest absolute Gasteiger partial charge is 0.258 e. The van der Waals surface area contributed by atoms with Crippen LogP contribution in [0, 0.1) is 10.1 Å². The zero-order valence-corrected chi connectivity index (χ0v) is 12.0. The first-order chi connectivity index (χ1) is 11.2. The van der Waals surface area contributed by atoms with Crippen molar-refractivity contribution in [2.24, 2.45) is 0 Å². The zero-order valence-electron chi connectivity index (χ0n) is 12.0. The maximum Gasteiger partial charge on any atom is 0.270 e. The molecule has 1 aliphatic carbocycles. The number of hydrogen-bond acceptors (Lipinski definition) is 7. The van der Waals surface area contributed by atoms with E-state index in [-0.39, 0.29) is 11.5 Å². The highest BCUT2D eigenvalue weighted by molar-refractivity contribution is 5.69. The Balaban J connectivity index is 1.80. The molecule has 2 aromatic heterocycles. The molecule has 0 radical (unpaired) electrons. The SMILES string of the molecule is O=[N+]([O-])c1ccc(-n2cnc(C3CCC3)n2)c(-c2nn[nH]n2)c1. The van der Waals surface area contributed by atoms with Gasteiger partial charge in [0.1, 0.15) is 6.33 Å². The Hall–Kier alpha value is -3.17. The lowest BCUT2D eigenvalue weighted by Crippen LogP contribution is -2.11. The van der Waals surface area contributed by atoms with Crippen molar-refractivity contribution in [1.29, 1.82) is 0 Å². The van der Waals surface area contributed by atoms with Crippen molar-refractivity contribution in [3.8, 4) is 17.1 Å². The fourth-order valence-electron chi connectivity index (χ4n) is 2.54. The molecule has 0 atom stereocenters. The highest BCUT2D eigenvalue weighted by Gasteiger charge is 2.24. The standard InChI is InChI=1S/C13H12N8O2/c22-21(23)9-4-5-11(10(6-9)13-15-18-19-16-13)20-7-14-12(17-20)8-2-1-3-8/h4-8H,1-3H2,(H,15,16,18,19). The molecule has 1 aromatic carbocycles. The third kappa shape index (κ3) is 2.33. The first kappa shape index (κ1) is 13.5. The van der Waals surface area contributed by atoms with Crippen LogP contribution in [-0.4, -0.2) is 40.3 Å². The number of aromatic nitrogens is 7. The summed E-state index contributed by atoms with van der Waals surface area (Å²) >= 11 is 0. The number of nitro groups is 1. The fraction of sp³-hybridized carbons (Fsp3) is 0.308. The molecule has 23 heavy (non-hydrogen) atoms. The molecule has 0 saturated heterocycles. The van der Waals surface area contributed by atoms with Crippen molar-refractivity contribution in [1.82, 2.24) is 35.4 Å². The molecular formula is C13H12N8O2. The van der Waals surface area contributed by atoms with Gasteiger partial charge in [-0.25, -0.2) is 9.67 Å². The van der Waals surface area contributed by atoms with Crippen LogP contribution in [0.2, 0.25) is 0 Å². The normalized spacial score (nSPS) is 14.6. The monoisotopic (exact) mass is 312 g/mol. The average Bonchev–Trinajstić information content (AvgIpc) is 3.16. The minimum atomic E-state index is -0.464. The third-order valence-electron chi connectivity index (χ3n) is 4.00. The highest BCUT2D eigenvalue weighted by Crippen LogP contribution is 2.35. The van der Waals surface area contributed by atoms with E-state index in [1.54, 1.807) is 17.1 Å². The number of benzene rings is 1. The predicted octanol–water partition coefficient (Wildman–Crippen LogP) is 1.62. The van der Waals surface area contributed by atoms with Crippen LogP contribution in [0.3, 0.4) is 0 Å². The van der Waals surface area contributed by atoms with Crippen molar-refractivity contribution in [3.05, 3.63) is 40.5 Å². The van der Waals surface area contributed by atoms with Crippen LogP contribution in [-0.2, 0) is 0 Å². The number of hydrogen-bond donors (Lipinski definition) is 1. The molecule has 3 aromatic rings. The van der Waals surface area contributed by atoms with E-state index in [4.69, 9.17) is 0 Å². The summed E-state index contributed by atoms with van der Waals surface area (Å²) < 4.78 is 1.60. The summed E-state index contributed by atoms with van der Waals surface area (Å²) in [7, 11) is 0. The van der Waals surface area contributed by atoms with Gasteiger partial charge in [-0.2, -0.15) is 10.3 Å². The molecule has 4 rings (SSSR count). The van der Waals surface area contributed by atoms with E-state index in [0.717, 1.165) is 18.7 Å². The van der Waals surface area contributed by atoms with E-state index in [1.807, 2.05) is 0 Å². The van der Waals surface area contributed by atoms with Gasteiger partial charge in [-0.05, 0) is 24.1 Å². The lowest BCUT2D eigenvalue weighted by Gasteiger charge is -2.21. The second-order valence-corrected chi connectivity index (χ2v) is 5.37. The minimum absolute atomic E-state index is 0.0483. The van der Waals surface area contributed by atoms with Crippen LogP contribution < -0.4 is 0 Å². The predicted molar refractivity (Wildman–Crippen MR) is 77.8 cm³/mol. The number of aromatic amines is 1. The number of H-pyrrole nitrogens is 1. The first-order valence-corrected chi connectivity index (χ1v) is 7.16. The summed E-state index contributed by atoms with van der Waals surface area (Å²) in [6.45, 7) is 0. The van der Waals surface area contributed by atoms with Gasteiger partial charge in [0.2, 0.25) is 5.82 Å². The van der Waals surface area contributed by atoms with Gasteiger partial charge in [-0.15, -0.1) is 10.2 Å². The minimum Gasteiger partial charge on any atom is -0.258 e. The van der Waals surface area contributed by atoms with Gasteiger partial charge in [0.25, 0.3) is 5.69 Å². The van der Waals surface area contributed by atoms with Crippen LogP contribution in [0.25, 0.3) is 17.1 Å². The maximum atomic E-state index is 11.0. The molecule has 0 spiro atoms. The molecule has 0 bridgehead atoms. The van der Waals surface area contributed by atoms with Gasteiger partial charge in [0, 0.05) is 18.1 Å². The number of tetrazole rings is 1. The summed E-state index contributed by atoms with van der Waals surface area (Å²) in [5.41, 5.74) is 1.04. The van der Waals surface area contributed by atoms with Crippen LogP contribution in [0.5, 0.6) is 0 Å². The van der Waals surface area contributed by atoms with Crippen molar-refractivity contribution in [3.63, 3.8) is 0 Å². The largest absolute Gasteiger partial charge is 0.270 e. The van der Waals surface area contributed by atoms with Crippen molar-refractivity contribution >= 4 is 5.69 Å². The lowest BCUT2D eigenvalue weighted by atomic mass is 9.85. The van der Waals surface area contributed by atoms with Crippen molar-refractivity contribution in [2.45, 2.75) is 25.2 Å². The van der Waals surface area contributed by atoms with Crippen LogP contribution in [0.1, 0.15) is 31.0 Å². The molecule has 1 N–H and O–H groups in total. The zero-order chi connectivity index (χ0) is 15.8. The van der Waals surface area contributed by atoms with Gasteiger partial charge in [-0.3, -0.25) is 10.1 Å². The molecule has 1 aliphatic rings. The summed E-state index contributed by atoms with van der Waals surface area (Å²) in [5.74, 6) is 1.47. The molecule has 10 nitrogen and oxygen atoms in total. The van der Waals surface area contributed by atoms with E-state index in [0.29, 0.717) is 17.2 Å². The van der Waals surface area contributed by atoms with Crippen LogP contribution in [0.15, 0.2) is 24.5 Å². The lowest BCUT2D eigenvalue weighted by molar-refractivity contribution is -0.384. The maximum absolute atomic E-state index is 11.0.